The lowest BCUT2D eigenvalue weighted by molar-refractivity contribution is -0.167. The molecule has 0 aromatic heterocycles. The summed E-state index contributed by atoms with van der Waals surface area (Å²) in [5.74, 6) is -0.922. The summed E-state index contributed by atoms with van der Waals surface area (Å²) in [5.41, 5.74) is 0. The molecule has 0 N–H and O–H groups in total. The molecule has 6 heteroatoms. The van der Waals surface area contributed by atoms with Crippen molar-refractivity contribution in [1.82, 2.24) is 0 Å². The minimum atomic E-state index is -0.799. The summed E-state index contributed by atoms with van der Waals surface area (Å²) in [5, 5.41) is 0. The molecule has 1 unspecified atom stereocenters. The van der Waals surface area contributed by atoms with Crippen LogP contribution < -0.4 is 0 Å². The fourth-order valence-electron chi connectivity index (χ4n) is 8.51. The molecule has 0 bridgehead atoms. The van der Waals surface area contributed by atoms with Gasteiger partial charge in [-0.05, 0) is 128 Å². The van der Waals surface area contributed by atoms with Crippen LogP contribution in [-0.2, 0) is 28.6 Å². The lowest BCUT2D eigenvalue weighted by atomic mass is 10.1. The minimum Gasteiger partial charge on any atom is -0.462 e. The van der Waals surface area contributed by atoms with Crippen molar-refractivity contribution in [2.75, 3.05) is 13.2 Å². The fraction of sp³-hybridized carbons (Fsp3) is 0.671. The zero-order chi connectivity index (χ0) is 55.0. The topological polar surface area (TPSA) is 78.9 Å². The normalized spacial score (nSPS) is 12.9. The highest BCUT2D eigenvalue weighted by Gasteiger charge is 2.19. The highest BCUT2D eigenvalue weighted by atomic mass is 16.6. The Balaban J connectivity index is 4.45. The van der Waals surface area contributed by atoms with Gasteiger partial charge < -0.3 is 14.2 Å². The third kappa shape index (κ3) is 60.7. The molecule has 0 spiro atoms. The Morgan fingerprint density at radius 2 is 0.513 bits per heavy atom. The first-order chi connectivity index (χ1) is 37.5. The number of hydrogen-bond donors (Lipinski definition) is 0. The van der Waals surface area contributed by atoms with Crippen molar-refractivity contribution < 1.29 is 28.6 Å². The number of unbranched alkanes of at least 4 members (excludes halogenated alkanes) is 25. The number of ether oxygens (including phenoxy) is 3. The third-order valence-electron chi connectivity index (χ3n) is 13.2. The quantitative estimate of drug-likeness (QED) is 0.0261. The van der Waals surface area contributed by atoms with E-state index < -0.39 is 6.10 Å². The van der Waals surface area contributed by atoms with E-state index in [1.165, 1.54) is 103 Å². The molecular formula is C70H116O6. The van der Waals surface area contributed by atoms with Crippen LogP contribution in [0.25, 0.3) is 0 Å². The van der Waals surface area contributed by atoms with E-state index in [0.29, 0.717) is 19.3 Å². The van der Waals surface area contributed by atoms with Crippen LogP contribution in [0.5, 0.6) is 0 Å². The van der Waals surface area contributed by atoms with Crippen molar-refractivity contribution >= 4 is 17.9 Å². The SMILES string of the molecule is CC/C=C\C/C=C\C/C=C\C/C=C\C/C=C\CCCCCCCCCC(=O)OCC(COC(=O)CCCCCCC/C=C\CCCCCCCCC)OC(=O)CCCCCCCC/C=C\C/C=C\C/C=C\C/C=C\CC. The van der Waals surface area contributed by atoms with Gasteiger partial charge in [-0.1, -0.05) is 258 Å². The molecule has 0 heterocycles. The Hall–Kier alpha value is -4.19. The Morgan fingerprint density at radius 3 is 0.816 bits per heavy atom. The van der Waals surface area contributed by atoms with Crippen LogP contribution in [0.3, 0.4) is 0 Å². The largest absolute Gasteiger partial charge is 0.462 e. The van der Waals surface area contributed by atoms with Crippen LogP contribution in [0.4, 0.5) is 0 Å². The summed E-state index contributed by atoms with van der Waals surface area (Å²) in [7, 11) is 0. The summed E-state index contributed by atoms with van der Waals surface area (Å²) in [6.45, 7) is 6.40. The maximum atomic E-state index is 12.9. The van der Waals surface area contributed by atoms with Crippen molar-refractivity contribution in [1.29, 1.82) is 0 Å². The number of carbonyl (C=O) groups excluding carboxylic acids is 3. The Kier molecular flexibility index (Phi) is 59.9. The van der Waals surface area contributed by atoms with Crippen molar-refractivity contribution in [3.63, 3.8) is 0 Å². The lowest BCUT2D eigenvalue weighted by Crippen LogP contribution is -2.30. The van der Waals surface area contributed by atoms with Gasteiger partial charge in [-0.15, -0.1) is 0 Å². The molecule has 0 aliphatic rings. The van der Waals surface area contributed by atoms with E-state index in [1.54, 1.807) is 0 Å². The maximum absolute atomic E-state index is 12.9. The highest BCUT2D eigenvalue weighted by Crippen LogP contribution is 2.15. The Morgan fingerprint density at radius 1 is 0.276 bits per heavy atom. The summed E-state index contributed by atoms with van der Waals surface area (Å²) in [4.78, 5) is 38.3. The lowest BCUT2D eigenvalue weighted by Gasteiger charge is -2.18. The van der Waals surface area contributed by atoms with E-state index in [1.807, 2.05) is 0 Å². The zero-order valence-corrected chi connectivity index (χ0v) is 49.5. The predicted molar refractivity (Wildman–Crippen MR) is 330 cm³/mol. The second kappa shape index (κ2) is 63.3. The number of esters is 3. The van der Waals surface area contributed by atoms with Gasteiger partial charge in [0.25, 0.3) is 0 Å². The number of allylic oxidation sites excluding steroid dienone is 20. The molecule has 0 aromatic carbocycles. The number of rotatable bonds is 56. The highest BCUT2D eigenvalue weighted by molar-refractivity contribution is 5.71. The second-order valence-corrected chi connectivity index (χ2v) is 20.5. The molecule has 1 atom stereocenters. The van der Waals surface area contributed by atoms with Crippen LogP contribution in [0.1, 0.15) is 284 Å². The average Bonchev–Trinajstić information content (AvgIpc) is 3.42. The number of hydrogen-bond acceptors (Lipinski definition) is 6. The first-order valence-electron chi connectivity index (χ1n) is 31.5. The smallest absolute Gasteiger partial charge is 0.306 e. The maximum Gasteiger partial charge on any atom is 0.306 e. The molecule has 0 aliphatic heterocycles. The van der Waals surface area contributed by atoms with Crippen LogP contribution in [0, 0.1) is 0 Å². The first kappa shape index (κ1) is 71.8. The van der Waals surface area contributed by atoms with Gasteiger partial charge in [0.05, 0.1) is 0 Å². The van der Waals surface area contributed by atoms with E-state index >= 15 is 0 Å². The molecule has 0 saturated heterocycles. The van der Waals surface area contributed by atoms with Crippen molar-refractivity contribution in [2.24, 2.45) is 0 Å². The Labute approximate surface area is 469 Å². The minimum absolute atomic E-state index is 0.0938. The van der Waals surface area contributed by atoms with Gasteiger partial charge in [0, 0.05) is 19.3 Å². The fourth-order valence-corrected chi connectivity index (χ4v) is 8.51. The van der Waals surface area contributed by atoms with Crippen LogP contribution in [0.2, 0.25) is 0 Å². The van der Waals surface area contributed by atoms with E-state index in [0.717, 1.165) is 141 Å². The van der Waals surface area contributed by atoms with Crippen LogP contribution in [0.15, 0.2) is 122 Å². The van der Waals surface area contributed by atoms with Gasteiger partial charge in [0.15, 0.2) is 6.10 Å². The predicted octanol–water partition coefficient (Wildman–Crippen LogP) is 21.6. The van der Waals surface area contributed by atoms with Gasteiger partial charge in [0.2, 0.25) is 0 Å². The summed E-state index contributed by atoms with van der Waals surface area (Å²) < 4.78 is 16.9. The van der Waals surface area contributed by atoms with Gasteiger partial charge in [-0.25, -0.2) is 0 Å². The van der Waals surface area contributed by atoms with Crippen LogP contribution >= 0.6 is 0 Å². The van der Waals surface area contributed by atoms with E-state index in [9.17, 15) is 14.4 Å². The molecule has 432 valence electrons. The summed E-state index contributed by atoms with van der Waals surface area (Å²) >= 11 is 0. The first-order valence-corrected chi connectivity index (χ1v) is 31.5. The molecule has 0 aliphatic carbocycles. The van der Waals surface area contributed by atoms with Gasteiger partial charge in [-0.3, -0.25) is 14.4 Å². The van der Waals surface area contributed by atoms with Gasteiger partial charge in [-0.2, -0.15) is 0 Å². The van der Waals surface area contributed by atoms with Crippen molar-refractivity contribution in [3.8, 4) is 0 Å². The molecule has 0 radical (unpaired) electrons. The monoisotopic (exact) mass is 1050 g/mol. The zero-order valence-electron chi connectivity index (χ0n) is 49.5. The van der Waals surface area contributed by atoms with Crippen molar-refractivity contribution in [3.05, 3.63) is 122 Å². The molecule has 0 amide bonds. The standard InChI is InChI=1S/C70H116O6/c1-4-7-10-13-16-19-22-25-28-31-33-34-35-36-38-39-42-45-48-51-54-57-60-63-69(72)75-66-67(65-74-68(71)62-59-56-53-50-47-44-41-30-27-24-21-18-15-12-9-6-3)76-70(73)64-61-58-55-52-49-46-43-40-37-32-29-26-23-20-17-14-11-8-5-2/h7-8,10-11,16-17,19-20,25-26,28-30,33-34,36-38,40-41,67H,4-6,9,12-15,18,21-24,27,31-32,35,39,42-66H2,1-3H3/b10-7-,11-8-,19-16-,20-17-,28-25-,29-26-,34-33-,38-36-,40-37-,41-30-. The molecule has 0 aromatic rings. The molecule has 0 saturated carbocycles. The van der Waals surface area contributed by atoms with Crippen molar-refractivity contribution in [2.45, 2.75) is 290 Å². The molecule has 0 rings (SSSR count). The van der Waals surface area contributed by atoms with Crippen LogP contribution in [-0.4, -0.2) is 37.2 Å². The van der Waals surface area contributed by atoms with E-state index in [4.69, 9.17) is 14.2 Å². The third-order valence-corrected chi connectivity index (χ3v) is 13.2. The van der Waals surface area contributed by atoms with E-state index in [-0.39, 0.29) is 31.1 Å². The summed E-state index contributed by atoms with van der Waals surface area (Å²) in [6, 6.07) is 0. The number of carbonyl (C=O) groups is 3. The second-order valence-electron chi connectivity index (χ2n) is 20.5. The Bertz CT molecular complexity index is 1590. The van der Waals surface area contributed by atoms with Gasteiger partial charge in [0.1, 0.15) is 13.2 Å². The van der Waals surface area contributed by atoms with Gasteiger partial charge >= 0.3 is 17.9 Å². The molecule has 0 fully saturated rings. The summed E-state index contributed by atoms with van der Waals surface area (Å²) in [6.07, 6.45) is 87.6. The molecule has 76 heavy (non-hydrogen) atoms. The molecule has 6 nitrogen and oxygen atoms in total. The molecular weight excluding hydrogens is 937 g/mol. The van der Waals surface area contributed by atoms with E-state index in [2.05, 4.69) is 142 Å². The average molecular weight is 1050 g/mol.